The number of rotatable bonds is 6. The lowest BCUT2D eigenvalue weighted by Gasteiger charge is -2.18. The fourth-order valence-electron chi connectivity index (χ4n) is 2.40. The van der Waals surface area contributed by atoms with Crippen LogP contribution in [-0.4, -0.2) is 31.5 Å². The van der Waals surface area contributed by atoms with Crippen LogP contribution in [0.4, 0.5) is 14.5 Å². The van der Waals surface area contributed by atoms with Crippen molar-refractivity contribution in [3.8, 4) is 5.75 Å². The van der Waals surface area contributed by atoms with E-state index in [0.29, 0.717) is 6.54 Å². The van der Waals surface area contributed by atoms with E-state index in [0.717, 1.165) is 29.0 Å². The molecule has 0 aliphatic rings. The number of hydrogen-bond acceptors (Lipinski definition) is 3. The minimum absolute atomic E-state index is 0.107. The minimum Gasteiger partial charge on any atom is -0.496 e. The monoisotopic (exact) mass is 334 g/mol. The van der Waals surface area contributed by atoms with E-state index in [9.17, 15) is 13.6 Å². The molecular weight excluding hydrogens is 314 g/mol. The predicted molar refractivity (Wildman–Crippen MR) is 89.1 cm³/mol. The van der Waals surface area contributed by atoms with E-state index in [1.807, 2.05) is 30.0 Å². The van der Waals surface area contributed by atoms with Gasteiger partial charge in [-0.15, -0.1) is 0 Å². The Morgan fingerprint density at radius 3 is 2.58 bits per heavy atom. The highest BCUT2D eigenvalue weighted by Crippen LogP contribution is 2.21. The fourth-order valence-corrected chi connectivity index (χ4v) is 2.40. The summed E-state index contributed by atoms with van der Waals surface area (Å²) in [5.74, 6) is -1.49. The number of likely N-dealkylation sites (N-methyl/N-ethyl adjacent to an activating group) is 1. The van der Waals surface area contributed by atoms with Crippen molar-refractivity contribution in [1.29, 1.82) is 0 Å². The Balaban J connectivity index is 1.96. The molecule has 6 heteroatoms. The van der Waals surface area contributed by atoms with Crippen molar-refractivity contribution < 1.29 is 18.3 Å². The molecule has 0 bridgehead atoms. The topological polar surface area (TPSA) is 41.6 Å². The molecule has 0 aliphatic heterocycles. The van der Waals surface area contributed by atoms with Crippen molar-refractivity contribution in [2.75, 3.05) is 26.0 Å². The van der Waals surface area contributed by atoms with Crippen LogP contribution < -0.4 is 10.1 Å². The van der Waals surface area contributed by atoms with E-state index in [1.54, 1.807) is 14.2 Å². The maximum Gasteiger partial charge on any atom is 0.238 e. The van der Waals surface area contributed by atoms with Crippen LogP contribution in [0.2, 0.25) is 0 Å². The number of carbonyl (C=O) groups is 1. The number of carbonyl (C=O) groups excluding carboxylic acids is 1. The first-order valence-electron chi connectivity index (χ1n) is 7.46. The second-order valence-electron chi connectivity index (χ2n) is 5.66. The van der Waals surface area contributed by atoms with Crippen LogP contribution in [0.3, 0.4) is 0 Å². The summed E-state index contributed by atoms with van der Waals surface area (Å²) in [5, 5.41) is 2.55. The number of amides is 1. The summed E-state index contributed by atoms with van der Waals surface area (Å²) in [6.45, 7) is 2.62. The third kappa shape index (κ3) is 4.76. The number of aryl methyl sites for hydroxylation is 1. The molecule has 0 saturated carbocycles. The Kier molecular flexibility index (Phi) is 5.87. The van der Waals surface area contributed by atoms with Crippen LogP contribution in [0, 0.1) is 18.6 Å². The number of nitrogens with zero attached hydrogens (tertiary/aromatic N) is 1. The summed E-state index contributed by atoms with van der Waals surface area (Å²) in [4.78, 5) is 13.8. The van der Waals surface area contributed by atoms with E-state index in [1.165, 1.54) is 6.07 Å². The summed E-state index contributed by atoms with van der Waals surface area (Å²) in [7, 11) is 3.40. The standard InChI is InChI=1S/C18H20F2N2O2/c1-12-4-7-17(24-3)13(8-12)10-22(2)11-18(23)21-14-5-6-15(19)16(20)9-14/h4-9H,10-11H2,1-3H3,(H,21,23). The van der Waals surface area contributed by atoms with Crippen LogP contribution in [-0.2, 0) is 11.3 Å². The van der Waals surface area contributed by atoms with Crippen LogP contribution >= 0.6 is 0 Å². The quantitative estimate of drug-likeness (QED) is 0.881. The van der Waals surface area contributed by atoms with Gasteiger partial charge >= 0.3 is 0 Å². The van der Waals surface area contributed by atoms with Gasteiger partial charge in [-0.3, -0.25) is 9.69 Å². The zero-order chi connectivity index (χ0) is 17.7. The molecule has 0 spiro atoms. The normalized spacial score (nSPS) is 10.8. The second kappa shape index (κ2) is 7.88. The van der Waals surface area contributed by atoms with Crippen molar-refractivity contribution in [2.24, 2.45) is 0 Å². The summed E-state index contributed by atoms with van der Waals surface area (Å²) in [6, 6.07) is 9.10. The van der Waals surface area contributed by atoms with Gasteiger partial charge in [0.2, 0.25) is 5.91 Å². The van der Waals surface area contributed by atoms with Gasteiger partial charge in [-0.1, -0.05) is 17.7 Å². The number of anilines is 1. The number of nitrogens with one attached hydrogen (secondary N) is 1. The largest absolute Gasteiger partial charge is 0.496 e. The SMILES string of the molecule is COc1ccc(C)cc1CN(C)CC(=O)Nc1ccc(F)c(F)c1. The Bertz CT molecular complexity index is 735. The Labute approximate surface area is 140 Å². The highest BCUT2D eigenvalue weighted by Gasteiger charge is 2.11. The summed E-state index contributed by atoms with van der Waals surface area (Å²) < 4.78 is 31.4. The van der Waals surface area contributed by atoms with Gasteiger partial charge in [0, 0.05) is 23.9 Å². The van der Waals surface area contributed by atoms with Crippen LogP contribution in [0.1, 0.15) is 11.1 Å². The molecule has 24 heavy (non-hydrogen) atoms. The molecular formula is C18H20F2N2O2. The molecule has 0 atom stereocenters. The average Bonchev–Trinajstić information content (AvgIpc) is 2.51. The Morgan fingerprint density at radius 1 is 1.17 bits per heavy atom. The number of ether oxygens (including phenoxy) is 1. The molecule has 0 saturated heterocycles. The minimum atomic E-state index is -0.995. The van der Waals surface area contributed by atoms with Gasteiger partial charge in [-0.25, -0.2) is 8.78 Å². The van der Waals surface area contributed by atoms with Crippen molar-refractivity contribution in [1.82, 2.24) is 4.90 Å². The molecule has 0 heterocycles. The van der Waals surface area contributed by atoms with E-state index in [2.05, 4.69) is 5.32 Å². The van der Waals surface area contributed by atoms with Gasteiger partial charge in [0.1, 0.15) is 5.75 Å². The second-order valence-corrected chi connectivity index (χ2v) is 5.66. The molecule has 4 nitrogen and oxygen atoms in total. The zero-order valence-electron chi connectivity index (χ0n) is 13.9. The smallest absolute Gasteiger partial charge is 0.238 e. The van der Waals surface area contributed by atoms with Crippen LogP contribution in [0.5, 0.6) is 5.75 Å². The lowest BCUT2D eigenvalue weighted by molar-refractivity contribution is -0.117. The summed E-state index contributed by atoms with van der Waals surface area (Å²) >= 11 is 0. The van der Waals surface area contributed by atoms with Crippen molar-refractivity contribution in [3.63, 3.8) is 0 Å². The zero-order valence-corrected chi connectivity index (χ0v) is 13.9. The number of benzene rings is 2. The molecule has 0 aliphatic carbocycles. The maximum atomic E-state index is 13.2. The van der Waals surface area contributed by atoms with Gasteiger partial charge in [0.25, 0.3) is 0 Å². The first-order valence-corrected chi connectivity index (χ1v) is 7.46. The van der Waals surface area contributed by atoms with Gasteiger partial charge in [-0.05, 0) is 32.2 Å². The highest BCUT2D eigenvalue weighted by atomic mass is 19.2. The first-order chi connectivity index (χ1) is 11.4. The van der Waals surface area contributed by atoms with Crippen LogP contribution in [0.15, 0.2) is 36.4 Å². The highest BCUT2D eigenvalue weighted by molar-refractivity contribution is 5.92. The lowest BCUT2D eigenvalue weighted by atomic mass is 10.1. The van der Waals surface area contributed by atoms with Crippen molar-refractivity contribution in [2.45, 2.75) is 13.5 Å². The van der Waals surface area contributed by atoms with E-state index >= 15 is 0 Å². The molecule has 0 aromatic heterocycles. The van der Waals surface area contributed by atoms with Gasteiger partial charge in [0.15, 0.2) is 11.6 Å². The fraction of sp³-hybridized carbons (Fsp3) is 0.278. The van der Waals surface area contributed by atoms with E-state index < -0.39 is 11.6 Å². The third-order valence-electron chi connectivity index (χ3n) is 3.49. The predicted octanol–water partition coefficient (Wildman–Crippen LogP) is 3.35. The Morgan fingerprint density at radius 2 is 1.92 bits per heavy atom. The molecule has 2 aromatic carbocycles. The molecule has 0 fully saturated rings. The molecule has 128 valence electrons. The molecule has 1 N–H and O–H groups in total. The van der Waals surface area contributed by atoms with Crippen molar-refractivity contribution >= 4 is 11.6 Å². The molecule has 0 unspecified atom stereocenters. The molecule has 2 aromatic rings. The third-order valence-corrected chi connectivity index (χ3v) is 3.49. The van der Waals surface area contributed by atoms with Crippen molar-refractivity contribution in [3.05, 3.63) is 59.2 Å². The number of halogens is 2. The molecule has 2 rings (SSSR count). The lowest BCUT2D eigenvalue weighted by Crippen LogP contribution is -2.30. The summed E-state index contributed by atoms with van der Waals surface area (Å²) in [6.07, 6.45) is 0. The van der Waals surface area contributed by atoms with Gasteiger partial charge in [0.05, 0.1) is 13.7 Å². The molecule has 1 amide bonds. The van der Waals surface area contributed by atoms with Gasteiger partial charge < -0.3 is 10.1 Å². The summed E-state index contributed by atoms with van der Waals surface area (Å²) in [5.41, 5.74) is 2.30. The maximum absolute atomic E-state index is 13.2. The number of hydrogen-bond donors (Lipinski definition) is 1. The van der Waals surface area contributed by atoms with E-state index in [-0.39, 0.29) is 18.1 Å². The van der Waals surface area contributed by atoms with Crippen LogP contribution in [0.25, 0.3) is 0 Å². The van der Waals surface area contributed by atoms with E-state index in [4.69, 9.17) is 4.74 Å². The average molecular weight is 334 g/mol. The number of methoxy groups -OCH3 is 1. The first kappa shape index (κ1) is 17.9. The van der Waals surface area contributed by atoms with Gasteiger partial charge in [-0.2, -0.15) is 0 Å². The molecule has 0 radical (unpaired) electrons. The Hall–Kier alpha value is -2.47.